The number of alkyl halides is 3. The Labute approximate surface area is 378 Å². The number of piperazine rings is 1. The number of nitrogens with one attached hydrogen (secondary N) is 3. The van der Waals surface area contributed by atoms with Gasteiger partial charge in [-0.25, -0.2) is 14.8 Å². The molecular weight excluding hydrogens is 852 g/mol. The van der Waals surface area contributed by atoms with Crippen LogP contribution < -0.4 is 25.3 Å². The number of carbonyl (C=O) groups is 3. The van der Waals surface area contributed by atoms with E-state index in [1.54, 1.807) is 11.8 Å². The van der Waals surface area contributed by atoms with Crippen molar-refractivity contribution in [3.63, 3.8) is 0 Å². The lowest BCUT2D eigenvalue weighted by atomic mass is 9.95. The molecule has 4 aliphatic rings. The molecule has 3 saturated heterocycles. The van der Waals surface area contributed by atoms with Gasteiger partial charge in [0.1, 0.15) is 17.4 Å². The van der Waals surface area contributed by atoms with Crippen LogP contribution in [0.2, 0.25) is 0 Å². The van der Waals surface area contributed by atoms with E-state index in [4.69, 9.17) is 4.52 Å². The number of carbonyl (C=O) groups excluding carboxylic acids is 3. The number of nitrogens with zero attached hydrogens (tertiary/aromatic N) is 8. The first-order valence-corrected chi connectivity index (χ1v) is 22.5. The maximum absolute atomic E-state index is 13.5. The van der Waals surface area contributed by atoms with Gasteiger partial charge in [-0.3, -0.25) is 24.7 Å². The van der Waals surface area contributed by atoms with Crippen molar-refractivity contribution >= 4 is 45.9 Å². The lowest BCUT2D eigenvalue weighted by Gasteiger charge is -2.40. The van der Waals surface area contributed by atoms with Gasteiger partial charge in [0, 0.05) is 92.5 Å². The maximum atomic E-state index is 13.5. The fraction of sp³-hybridized carbons (Fsp3) is 0.396. The third kappa shape index (κ3) is 8.45. The highest BCUT2D eigenvalue weighted by atomic mass is 19.4. The molecule has 0 radical (unpaired) electrons. The molecule has 1 aliphatic carbocycles. The Morgan fingerprint density at radius 3 is 2.20 bits per heavy atom. The number of amides is 4. The van der Waals surface area contributed by atoms with Gasteiger partial charge < -0.3 is 24.6 Å². The van der Waals surface area contributed by atoms with Gasteiger partial charge in [-0.05, 0) is 111 Å². The van der Waals surface area contributed by atoms with E-state index in [1.807, 2.05) is 37.3 Å². The van der Waals surface area contributed by atoms with Gasteiger partial charge in [0.25, 0.3) is 11.7 Å². The van der Waals surface area contributed by atoms with E-state index in [2.05, 4.69) is 92.9 Å². The summed E-state index contributed by atoms with van der Waals surface area (Å²) in [5, 5.41) is 9.59. The van der Waals surface area contributed by atoms with E-state index in [0.717, 1.165) is 109 Å². The van der Waals surface area contributed by atoms with Crippen LogP contribution in [0.25, 0.3) is 33.5 Å². The number of aromatic amines is 1. The van der Waals surface area contributed by atoms with E-state index in [1.165, 1.54) is 12.0 Å². The molecule has 6 aromatic rings. The number of aryl methyl sites for hydroxylation is 1. The molecule has 15 nitrogen and oxygen atoms in total. The van der Waals surface area contributed by atoms with Crippen molar-refractivity contribution in [3.8, 4) is 22.5 Å². The second kappa shape index (κ2) is 17.2. The fourth-order valence-electron chi connectivity index (χ4n) is 9.66. The molecule has 10 rings (SSSR count). The predicted molar refractivity (Wildman–Crippen MR) is 242 cm³/mol. The molecular formula is C48H50F3N11O4. The number of H-pyrrole nitrogens is 1. The van der Waals surface area contributed by atoms with Crippen LogP contribution in [0.5, 0.6) is 0 Å². The van der Waals surface area contributed by atoms with Crippen molar-refractivity contribution in [2.24, 2.45) is 5.92 Å². The number of anilines is 3. The molecule has 0 unspecified atom stereocenters. The summed E-state index contributed by atoms with van der Waals surface area (Å²) in [5.41, 5.74) is 6.99. The number of halogens is 3. The zero-order valence-electron chi connectivity index (χ0n) is 36.7. The molecule has 6 heterocycles. The molecule has 342 valence electrons. The van der Waals surface area contributed by atoms with Crippen molar-refractivity contribution in [1.29, 1.82) is 0 Å². The number of imide groups is 1. The fourth-order valence-corrected chi connectivity index (χ4v) is 9.66. The number of fused-ring (bicyclic) bond motifs is 1. The topological polar surface area (TPSA) is 169 Å². The number of hydrogen-bond acceptors (Lipinski definition) is 11. The number of rotatable bonds is 11. The van der Waals surface area contributed by atoms with Crippen LogP contribution in [-0.2, 0) is 10.2 Å². The molecule has 4 amide bonds. The maximum Gasteiger partial charge on any atom is 0.403 e. The monoisotopic (exact) mass is 901 g/mol. The highest BCUT2D eigenvalue weighted by Gasteiger charge is 2.68. The van der Waals surface area contributed by atoms with Gasteiger partial charge in [-0.1, -0.05) is 29.4 Å². The van der Waals surface area contributed by atoms with Gasteiger partial charge >= 0.3 is 12.2 Å². The molecule has 3 aliphatic heterocycles. The number of hydrogen-bond donors (Lipinski definition) is 3. The lowest BCUT2D eigenvalue weighted by Crippen LogP contribution is -2.49. The Kier molecular flexibility index (Phi) is 11.2. The lowest BCUT2D eigenvalue weighted by molar-refractivity contribution is -0.166. The van der Waals surface area contributed by atoms with E-state index in [9.17, 15) is 27.6 Å². The second-order valence-corrected chi connectivity index (χ2v) is 18.0. The van der Waals surface area contributed by atoms with Crippen LogP contribution in [0.3, 0.4) is 0 Å². The van der Waals surface area contributed by atoms with E-state index >= 15 is 0 Å². The Hall–Kier alpha value is -6.82. The van der Waals surface area contributed by atoms with Gasteiger partial charge in [0.05, 0.1) is 11.7 Å². The third-order valence-electron chi connectivity index (χ3n) is 13.7. The molecule has 0 bridgehead atoms. The number of urea groups is 1. The quantitative estimate of drug-likeness (QED) is 0.117. The van der Waals surface area contributed by atoms with Crippen LogP contribution in [-0.4, -0.2) is 106 Å². The normalized spacial score (nSPS) is 18.7. The minimum Gasteiger partial charge on any atom is -0.372 e. The van der Waals surface area contributed by atoms with Crippen molar-refractivity contribution in [2.45, 2.75) is 63.6 Å². The molecule has 3 aromatic heterocycles. The first-order valence-electron chi connectivity index (χ1n) is 22.5. The number of benzene rings is 3. The van der Waals surface area contributed by atoms with Crippen molar-refractivity contribution in [2.75, 3.05) is 67.1 Å². The van der Waals surface area contributed by atoms with E-state index in [0.29, 0.717) is 24.5 Å². The molecule has 0 spiro atoms. The van der Waals surface area contributed by atoms with Crippen molar-refractivity contribution in [3.05, 3.63) is 102 Å². The molecule has 3 aromatic carbocycles. The first-order chi connectivity index (χ1) is 31.8. The summed E-state index contributed by atoms with van der Waals surface area (Å²) in [6.45, 7) is 11.2. The Bertz CT molecular complexity index is 2770. The van der Waals surface area contributed by atoms with Crippen LogP contribution in [0.15, 0.2) is 83.6 Å². The van der Waals surface area contributed by atoms with Crippen molar-refractivity contribution in [1.82, 2.24) is 40.6 Å². The van der Waals surface area contributed by atoms with E-state index in [-0.39, 0.29) is 24.8 Å². The zero-order chi connectivity index (χ0) is 45.7. The smallest absolute Gasteiger partial charge is 0.372 e. The summed E-state index contributed by atoms with van der Waals surface area (Å²) in [6, 6.07) is 23.7. The summed E-state index contributed by atoms with van der Waals surface area (Å²) in [6.07, 6.45) is -0.682. The summed E-state index contributed by atoms with van der Waals surface area (Å²) in [7, 11) is 0. The molecule has 3 N–H and O–H groups in total. The largest absolute Gasteiger partial charge is 0.403 e. The van der Waals surface area contributed by atoms with Crippen LogP contribution >= 0.6 is 0 Å². The molecule has 18 heteroatoms. The summed E-state index contributed by atoms with van der Waals surface area (Å²) in [5.74, 6) is -1.30. The van der Waals surface area contributed by atoms with Crippen molar-refractivity contribution < 1.29 is 32.1 Å². The zero-order valence-corrected chi connectivity index (χ0v) is 36.7. The first kappa shape index (κ1) is 43.1. The standard InChI is InChI=1S/C48H50F3N11O4/c1-29-25-33(5-12-37(29)30(2)54-44(64)43-57-45(66-58-43)47(16-17-47)48(49,50)51)41-38-26-39(55-42(38)53-28-52-41)32-3-6-34(7-4-32)61-23-21-59(22-24-61)27-31-13-18-60(19-14-31)35-8-10-36(11-9-35)62-20-15-40(63)56-46(62)65/h3-12,25-26,28,30-31H,13-24,27H2,1-2H3,(H,54,64)(H,52,53,55)(H,56,63,65)/t30-/m1/s1. The van der Waals surface area contributed by atoms with Gasteiger partial charge in [-0.2, -0.15) is 18.2 Å². The average molecular weight is 902 g/mol. The third-order valence-corrected chi connectivity index (χ3v) is 13.7. The average Bonchev–Trinajstić information content (AvgIpc) is 3.78. The second-order valence-electron chi connectivity index (χ2n) is 18.0. The summed E-state index contributed by atoms with van der Waals surface area (Å²) >= 11 is 0. The van der Waals surface area contributed by atoms with Crippen LogP contribution in [0, 0.1) is 12.8 Å². The number of piperidine rings is 1. The van der Waals surface area contributed by atoms with Gasteiger partial charge in [0.2, 0.25) is 11.8 Å². The van der Waals surface area contributed by atoms with Gasteiger partial charge in [0.15, 0.2) is 0 Å². The molecule has 66 heavy (non-hydrogen) atoms. The van der Waals surface area contributed by atoms with Gasteiger partial charge in [-0.15, -0.1) is 0 Å². The Morgan fingerprint density at radius 2 is 1.53 bits per heavy atom. The van der Waals surface area contributed by atoms with Crippen LogP contribution in [0.4, 0.5) is 35.0 Å². The minimum absolute atomic E-state index is 0.142. The Balaban J connectivity index is 0.715. The molecule has 1 atom stereocenters. The predicted octanol–water partition coefficient (Wildman–Crippen LogP) is 7.55. The number of aromatic nitrogens is 5. The highest BCUT2D eigenvalue weighted by molar-refractivity contribution is 6.05. The minimum atomic E-state index is -4.52. The SMILES string of the molecule is Cc1cc(-c2ncnc3[nH]c(-c4ccc(N5CCN(CC6CCN(c7ccc(N8CCC(=O)NC8=O)cc7)CC6)CC5)cc4)cc23)ccc1[C@@H](C)NC(=O)c1noc(C2(C(F)(F)F)CC2)n1. The van der Waals surface area contributed by atoms with E-state index < -0.39 is 35.3 Å². The van der Waals surface area contributed by atoms with Crippen LogP contribution in [0.1, 0.15) is 72.7 Å². The Morgan fingerprint density at radius 1 is 0.864 bits per heavy atom. The summed E-state index contributed by atoms with van der Waals surface area (Å²) in [4.78, 5) is 62.3. The molecule has 1 saturated carbocycles. The highest BCUT2D eigenvalue weighted by Crippen LogP contribution is 2.58. The molecule has 4 fully saturated rings. The summed E-state index contributed by atoms with van der Waals surface area (Å²) < 4.78 is 45.5.